The van der Waals surface area contributed by atoms with E-state index in [-0.39, 0.29) is 11.7 Å². The first-order valence-corrected chi connectivity index (χ1v) is 9.10. The van der Waals surface area contributed by atoms with Crippen LogP contribution >= 0.6 is 23.4 Å². The van der Waals surface area contributed by atoms with Crippen LogP contribution in [0.5, 0.6) is 0 Å². The molecule has 4 nitrogen and oxygen atoms in total. The van der Waals surface area contributed by atoms with Gasteiger partial charge in [0.05, 0.1) is 16.8 Å². The van der Waals surface area contributed by atoms with E-state index < -0.39 is 0 Å². The maximum atomic E-state index is 12.1. The fourth-order valence-electron chi connectivity index (χ4n) is 2.61. The molecule has 2 N–H and O–H groups in total. The highest BCUT2D eigenvalue weighted by molar-refractivity contribution is 7.99. The zero-order chi connectivity index (χ0) is 17.2. The lowest BCUT2D eigenvalue weighted by molar-refractivity contribution is -0.113. The first kappa shape index (κ1) is 16.0. The molecule has 4 aromatic rings. The number of anilines is 1. The molecular formula is C19H14ClN3OS. The van der Waals surface area contributed by atoms with Gasteiger partial charge in [-0.1, -0.05) is 47.6 Å². The van der Waals surface area contributed by atoms with Gasteiger partial charge in [-0.3, -0.25) is 4.79 Å². The van der Waals surface area contributed by atoms with Crippen LogP contribution in [0.4, 0.5) is 5.69 Å². The summed E-state index contributed by atoms with van der Waals surface area (Å²) in [6.07, 6.45) is 0. The molecule has 0 aliphatic rings. The number of halogens is 1. The second-order valence-electron chi connectivity index (χ2n) is 5.60. The Morgan fingerprint density at radius 3 is 2.56 bits per heavy atom. The summed E-state index contributed by atoms with van der Waals surface area (Å²) in [6, 6.07) is 19.3. The average molecular weight is 368 g/mol. The Morgan fingerprint density at radius 2 is 1.80 bits per heavy atom. The Morgan fingerprint density at radius 1 is 1.08 bits per heavy atom. The topological polar surface area (TPSA) is 57.8 Å². The number of aromatic amines is 1. The molecule has 124 valence electrons. The summed E-state index contributed by atoms with van der Waals surface area (Å²) in [6.45, 7) is 0. The molecule has 0 aliphatic heterocycles. The Hall–Kier alpha value is -2.50. The van der Waals surface area contributed by atoms with Crippen LogP contribution in [0.25, 0.3) is 21.8 Å². The Kier molecular flexibility index (Phi) is 4.34. The number of hydrogen-bond donors (Lipinski definition) is 2. The molecule has 0 aliphatic carbocycles. The van der Waals surface area contributed by atoms with Crippen LogP contribution < -0.4 is 5.32 Å². The van der Waals surface area contributed by atoms with Gasteiger partial charge >= 0.3 is 0 Å². The second kappa shape index (κ2) is 6.78. The summed E-state index contributed by atoms with van der Waals surface area (Å²) in [7, 11) is 0. The van der Waals surface area contributed by atoms with Crippen molar-refractivity contribution in [2.75, 3.05) is 11.1 Å². The zero-order valence-electron chi connectivity index (χ0n) is 13.1. The van der Waals surface area contributed by atoms with Gasteiger partial charge in [-0.15, -0.1) is 0 Å². The van der Waals surface area contributed by atoms with Gasteiger partial charge in [-0.05, 0) is 47.2 Å². The minimum absolute atomic E-state index is 0.0852. The predicted molar refractivity (Wildman–Crippen MR) is 104 cm³/mol. The largest absolute Gasteiger partial charge is 0.333 e. The lowest BCUT2D eigenvalue weighted by atomic mass is 10.1. The van der Waals surface area contributed by atoms with E-state index in [2.05, 4.69) is 39.6 Å². The molecule has 0 unspecified atom stereocenters. The standard InChI is InChI=1S/C19H14ClN3OS/c20-14-5-7-15(8-6-14)21-18(24)11-25-19-22-16-9-12-3-1-2-4-13(12)10-17(16)23-19/h1-10H,11H2,(H,21,24)(H,22,23). The molecule has 0 bridgehead atoms. The lowest BCUT2D eigenvalue weighted by Crippen LogP contribution is -2.13. The maximum absolute atomic E-state index is 12.1. The molecule has 25 heavy (non-hydrogen) atoms. The van der Waals surface area contributed by atoms with Crippen molar-refractivity contribution < 1.29 is 4.79 Å². The SMILES string of the molecule is O=C(CSc1nc2cc3ccccc3cc2[nH]1)Nc1ccc(Cl)cc1. The van der Waals surface area contributed by atoms with Crippen LogP contribution in [0.15, 0.2) is 65.8 Å². The molecule has 1 heterocycles. The fraction of sp³-hybridized carbons (Fsp3) is 0.0526. The quantitative estimate of drug-likeness (QED) is 0.493. The van der Waals surface area contributed by atoms with E-state index in [0.29, 0.717) is 5.02 Å². The van der Waals surface area contributed by atoms with Crippen LogP contribution in [0.1, 0.15) is 0 Å². The number of imidazole rings is 1. The number of nitrogens with one attached hydrogen (secondary N) is 2. The first-order valence-electron chi connectivity index (χ1n) is 7.74. The molecule has 1 amide bonds. The van der Waals surface area contributed by atoms with E-state index in [9.17, 15) is 4.79 Å². The molecule has 6 heteroatoms. The second-order valence-corrected chi connectivity index (χ2v) is 7.00. The number of carbonyl (C=O) groups is 1. The zero-order valence-corrected chi connectivity index (χ0v) is 14.7. The van der Waals surface area contributed by atoms with Crippen LogP contribution in [0.3, 0.4) is 0 Å². The third-order valence-corrected chi connectivity index (χ3v) is 4.92. The maximum Gasteiger partial charge on any atom is 0.234 e. The van der Waals surface area contributed by atoms with Crippen LogP contribution in [-0.4, -0.2) is 21.6 Å². The number of nitrogens with zero attached hydrogens (tertiary/aromatic N) is 1. The Labute approximate surface area is 153 Å². The Balaban J connectivity index is 1.46. The molecule has 0 atom stereocenters. The number of carbonyl (C=O) groups excluding carboxylic acids is 1. The van der Waals surface area contributed by atoms with Gasteiger partial charge in [-0.2, -0.15) is 0 Å². The summed E-state index contributed by atoms with van der Waals surface area (Å²) < 4.78 is 0. The number of hydrogen-bond acceptors (Lipinski definition) is 3. The van der Waals surface area contributed by atoms with E-state index in [1.807, 2.05) is 12.1 Å². The lowest BCUT2D eigenvalue weighted by Gasteiger charge is -2.03. The summed E-state index contributed by atoms with van der Waals surface area (Å²) in [5.74, 6) is 0.194. The van der Waals surface area contributed by atoms with E-state index in [1.165, 1.54) is 11.8 Å². The number of benzene rings is 3. The molecule has 3 aromatic carbocycles. The molecule has 0 radical (unpaired) electrons. The number of rotatable bonds is 4. The first-order chi connectivity index (χ1) is 12.2. The number of amides is 1. The normalized spacial score (nSPS) is 11.1. The third-order valence-electron chi connectivity index (χ3n) is 3.80. The van der Waals surface area contributed by atoms with Crippen molar-refractivity contribution >= 4 is 56.8 Å². The molecule has 1 aromatic heterocycles. The van der Waals surface area contributed by atoms with E-state index in [4.69, 9.17) is 11.6 Å². The van der Waals surface area contributed by atoms with Crippen LogP contribution in [0, 0.1) is 0 Å². The molecule has 0 saturated heterocycles. The molecule has 4 rings (SSSR count). The van der Waals surface area contributed by atoms with Gasteiger partial charge in [0, 0.05) is 10.7 Å². The molecule has 0 fully saturated rings. The van der Waals surface area contributed by atoms with Gasteiger partial charge in [0.2, 0.25) is 5.91 Å². The van der Waals surface area contributed by atoms with E-state index in [0.717, 1.165) is 32.6 Å². The number of H-pyrrole nitrogens is 1. The monoisotopic (exact) mass is 367 g/mol. The van der Waals surface area contributed by atoms with Gasteiger partial charge in [0.1, 0.15) is 0 Å². The average Bonchev–Trinajstić information content (AvgIpc) is 3.01. The van der Waals surface area contributed by atoms with Gasteiger partial charge in [0.15, 0.2) is 5.16 Å². The highest BCUT2D eigenvalue weighted by Gasteiger charge is 2.08. The van der Waals surface area contributed by atoms with Crippen molar-refractivity contribution in [1.29, 1.82) is 0 Å². The number of thioether (sulfide) groups is 1. The van der Waals surface area contributed by atoms with Gasteiger partial charge in [-0.25, -0.2) is 4.98 Å². The van der Waals surface area contributed by atoms with Crippen LogP contribution in [0.2, 0.25) is 5.02 Å². The predicted octanol–water partition coefficient (Wildman–Crippen LogP) is 5.10. The van der Waals surface area contributed by atoms with Crippen molar-refractivity contribution in [2.24, 2.45) is 0 Å². The van der Waals surface area contributed by atoms with Crippen molar-refractivity contribution in [1.82, 2.24) is 9.97 Å². The van der Waals surface area contributed by atoms with Crippen molar-refractivity contribution in [3.8, 4) is 0 Å². The molecule has 0 spiro atoms. The third kappa shape index (κ3) is 3.62. The van der Waals surface area contributed by atoms with Gasteiger partial charge in [0.25, 0.3) is 0 Å². The van der Waals surface area contributed by atoms with E-state index >= 15 is 0 Å². The minimum atomic E-state index is -0.0852. The fourth-order valence-corrected chi connectivity index (χ4v) is 3.42. The van der Waals surface area contributed by atoms with Crippen molar-refractivity contribution in [2.45, 2.75) is 5.16 Å². The van der Waals surface area contributed by atoms with Gasteiger partial charge < -0.3 is 10.3 Å². The smallest absolute Gasteiger partial charge is 0.234 e. The summed E-state index contributed by atoms with van der Waals surface area (Å²) in [4.78, 5) is 19.9. The van der Waals surface area contributed by atoms with Crippen LogP contribution in [-0.2, 0) is 4.79 Å². The van der Waals surface area contributed by atoms with E-state index in [1.54, 1.807) is 24.3 Å². The molecule has 0 saturated carbocycles. The molecular weight excluding hydrogens is 354 g/mol. The Bertz CT molecular complexity index is 1010. The summed E-state index contributed by atoms with van der Waals surface area (Å²) >= 11 is 7.22. The summed E-state index contributed by atoms with van der Waals surface area (Å²) in [5, 5.41) is 6.53. The number of aromatic nitrogens is 2. The minimum Gasteiger partial charge on any atom is -0.333 e. The van der Waals surface area contributed by atoms with Crippen molar-refractivity contribution in [3.63, 3.8) is 0 Å². The summed E-state index contributed by atoms with van der Waals surface area (Å²) in [5.41, 5.74) is 2.60. The number of fused-ring (bicyclic) bond motifs is 2. The van der Waals surface area contributed by atoms with Crippen molar-refractivity contribution in [3.05, 3.63) is 65.7 Å². The highest BCUT2D eigenvalue weighted by Crippen LogP contribution is 2.24. The highest BCUT2D eigenvalue weighted by atomic mass is 35.5.